The van der Waals surface area contributed by atoms with Crippen molar-refractivity contribution >= 4 is 27.5 Å². The molecule has 0 aromatic rings. The molecule has 0 aliphatic heterocycles. The van der Waals surface area contributed by atoms with E-state index in [0.29, 0.717) is 42.8 Å². The van der Waals surface area contributed by atoms with E-state index >= 15 is 0 Å². The van der Waals surface area contributed by atoms with E-state index in [9.17, 15) is 9.59 Å². The highest BCUT2D eigenvalue weighted by atomic mass is 79.9. The zero-order valence-corrected chi connectivity index (χ0v) is 17.2. The Morgan fingerprint density at radius 1 is 1.30 bits per heavy atom. The summed E-state index contributed by atoms with van der Waals surface area (Å²) in [5, 5.41) is 4.12. The van der Waals surface area contributed by atoms with Gasteiger partial charge in [0.15, 0.2) is 5.78 Å². The summed E-state index contributed by atoms with van der Waals surface area (Å²) < 4.78 is 0. The van der Waals surface area contributed by atoms with Gasteiger partial charge in [0.2, 0.25) is 0 Å². The fraction of sp³-hybridized carbons (Fsp3) is 0.714. The lowest BCUT2D eigenvalue weighted by Crippen LogP contribution is -2.54. The number of carbonyl (C=O) groups excluding carboxylic acids is 2. The normalized spacial score (nSPS) is 42.7. The Hall–Kier alpha value is -1.57. The van der Waals surface area contributed by atoms with Crippen molar-refractivity contribution in [3.63, 3.8) is 0 Å². The second kappa shape index (κ2) is 6.79. The SMILES string of the molecule is C[C@]12CC[C@H]3[C@@H](C[C@H](N=[N+]=[N-])C4=CC(=O)CC[C@@]43CC#CBr)[C@@H]1CCC2=O. The summed E-state index contributed by atoms with van der Waals surface area (Å²) in [5.41, 5.74) is 9.74. The maximum absolute atomic E-state index is 12.6. The minimum Gasteiger partial charge on any atom is -0.299 e. The molecular weight excluding hydrogens is 406 g/mol. The van der Waals surface area contributed by atoms with E-state index in [0.717, 1.165) is 37.7 Å². The van der Waals surface area contributed by atoms with Crippen molar-refractivity contribution in [2.45, 2.75) is 64.3 Å². The highest BCUT2D eigenvalue weighted by molar-refractivity contribution is 9.12. The number of Topliss-reactive ketones (excluding diaryl/α,β-unsaturated/α-hetero) is 1. The van der Waals surface area contributed by atoms with Crippen molar-refractivity contribution in [2.75, 3.05) is 0 Å². The Balaban J connectivity index is 1.83. The molecule has 0 unspecified atom stereocenters. The van der Waals surface area contributed by atoms with Crippen LogP contribution in [0.4, 0.5) is 0 Å². The van der Waals surface area contributed by atoms with E-state index in [-0.39, 0.29) is 22.7 Å². The van der Waals surface area contributed by atoms with E-state index in [2.05, 4.69) is 43.6 Å². The van der Waals surface area contributed by atoms with Crippen LogP contribution < -0.4 is 0 Å². The van der Waals surface area contributed by atoms with E-state index < -0.39 is 0 Å². The Bertz CT molecular complexity index is 834. The van der Waals surface area contributed by atoms with Gasteiger partial charge in [0.25, 0.3) is 0 Å². The predicted molar refractivity (Wildman–Crippen MR) is 106 cm³/mol. The largest absolute Gasteiger partial charge is 0.299 e. The predicted octanol–water partition coefficient (Wildman–Crippen LogP) is 5.10. The number of ketones is 2. The van der Waals surface area contributed by atoms with Crippen molar-refractivity contribution in [3.05, 3.63) is 22.1 Å². The third-order valence-electron chi connectivity index (χ3n) is 8.08. The maximum Gasteiger partial charge on any atom is 0.155 e. The molecule has 0 spiro atoms. The van der Waals surface area contributed by atoms with Crippen LogP contribution in [0.5, 0.6) is 0 Å². The Labute approximate surface area is 168 Å². The van der Waals surface area contributed by atoms with Gasteiger partial charge in [0.1, 0.15) is 5.78 Å². The smallest absolute Gasteiger partial charge is 0.155 e. The molecule has 4 aliphatic carbocycles. The van der Waals surface area contributed by atoms with Gasteiger partial charge in [-0.05, 0) is 66.3 Å². The molecule has 5 nitrogen and oxygen atoms in total. The van der Waals surface area contributed by atoms with Crippen molar-refractivity contribution in [1.82, 2.24) is 0 Å². The fourth-order valence-electron chi connectivity index (χ4n) is 6.85. The summed E-state index contributed by atoms with van der Waals surface area (Å²) in [7, 11) is 0. The minimum atomic E-state index is -0.296. The number of hydrogen-bond donors (Lipinski definition) is 0. The summed E-state index contributed by atoms with van der Waals surface area (Å²) in [6.45, 7) is 2.15. The van der Waals surface area contributed by atoms with Gasteiger partial charge in [-0.3, -0.25) is 9.59 Å². The molecule has 0 aromatic heterocycles. The Morgan fingerprint density at radius 2 is 2.11 bits per heavy atom. The molecular formula is C21H24BrN3O2. The van der Waals surface area contributed by atoms with Crippen LogP contribution in [-0.4, -0.2) is 17.6 Å². The van der Waals surface area contributed by atoms with Crippen LogP contribution in [0.25, 0.3) is 10.4 Å². The monoisotopic (exact) mass is 429 g/mol. The molecule has 142 valence electrons. The first-order chi connectivity index (χ1) is 13.0. The number of fused-ring (bicyclic) bond motifs is 5. The Morgan fingerprint density at radius 3 is 2.85 bits per heavy atom. The number of hydrogen-bond acceptors (Lipinski definition) is 3. The van der Waals surface area contributed by atoms with E-state index in [1.807, 2.05) is 0 Å². The van der Waals surface area contributed by atoms with Gasteiger partial charge in [0, 0.05) is 50.9 Å². The molecule has 27 heavy (non-hydrogen) atoms. The molecule has 0 radical (unpaired) electrons. The fourth-order valence-corrected chi connectivity index (χ4v) is 6.99. The quantitative estimate of drug-likeness (QED) is 0.264. The van der Waals surface area contributed by atoms with Gasteiger partial charge in [-0.2, -0.15) is 0 Å². The molecule has 0 bridgehead atoms. The van der Waals surface area contributed by atoms with Crippen LogP contribution in [0, 0.1) is 39.3 Å². The first kappa shape index (κ1) is 18.8. The minimum absolute atomic E-state index is 0.126. The van der Waals surface area contributed by atoms with Gasteiger partial charge in [0.05, 0.1) is 6.04 Å². The van der Waals surface area contributed by atoms with Gasteiger partial charge in [-0.15, -0.1) is 0 Å². The molecule has 0 N–H and O–H groups in total. The molecule has 0 heterocycles. The lowest BCUT2D eigenvalue weighted by molar-refractivity contribution is -0.133. The summed E-state index contributed by atoms with van der Waals surface area (Å²) in [6.07, 6.45) is 8.01. The van der Waals surface area contributed by atoms with Gasteiger partial charge < -0.3 is 0 Å². The zero-order chi connectivity index (χ0) is 19.2. The molecule has 0 saturated heterocycles. The standard InChI is InChI=1S/C21H24BrN3O2/c1-20-8-6-16-14(15(20)3-4-19(20)27)12-18(24-25-23)17-11-13(26)5-9-21(16,17)7-2-10-22/h11,14-16,18H,3-9,12H2,1H3/t14-,15-,16-,18-,20-,21+/m0/s1. The summed E-state index contributed by atoms with van der Waals surface area (Å²) in [6, 6.07) is -0.296. The number of azide groups is 1. The lowest BCUT2D eigenvalue weighted by Gasteiger charge is -2.59. The van der Waals surface area contributed by atoms with Crippen molar-refractivity contribution in [2.24, 2.45) is 33.7 Å². The third-order valence-corrected chi connectivity index (χ3v) is 8.36. The number of halogens is 1. The molecule has 0 amide bonds. The van der Waals surface area contributed by atoms with Crippen molar-refractivity contribution in [3.8, 4) is 10.8 Å². The average Bonchev–Trinajstić information content (AvgIpc) is 2.96. The summed E-state index contributed by atoms with van der Waals surface area (Å²) in [5.74, 6) is 4.85. The highest BCUT2D eigenvalue weighted by Gasteiger charge is 2.61. The first-order valence-corrected chi connectivity index (χ1v) is 10.7. The van der Waals surface area contributed by atoms with Crippen LogP contribution in [0.2, 0.25) is 0 Å². The van der Waals surface area contributed by atoms with Crippen LogP contribution in [-0.2, 0) is 9.59 Å². The Kier molecular flexibility index (Phi) is 4.72. The molecule has 4 rings (SSSR count). The first-order valence-electron chi connectivity index (χ1n) is 9.87. The molecule has 4 aliphatic rings. The number of rotatable bonds is 2. The van der Waals surface area contributed by atoms with Crippen LogP contribution in [0.3, 0.4) is 0 Å². The molecule has 0 aromatic carbocycles. The van der Waals surface area contributed by atoms with Crippen LogP contribution in [0.15, 0.2) is 16.8 Å². The average molecular weight is 430 g/mol. The van der Waals surface area contributed by atoms with E-state index in [1.165, 1.54) is 0 Å². The van der Waals surface area contributed by atoms with Crippen molar-refractivity contribution in [1.29, 1.82) is 0 Å². The van der Waals surface area contributed by atoms with Crippen molar-refractivity contribution < 1.29 is 9.59 Å². The lowest BCUT2D eigenvalue weighted by atomic mass is 9.45. The molecule has 6 heteroatoms. The third kappa shape index (κ3) is 2.70. The molecule has 3 saturated carbocycles. The van der Waals surface area contributed by atoms with E-state index in [1.54, 1.807) is 6.08 Å². The maximum atomic E-state index is 12.6. The number of nitrogens with zero attached hydrogens (tertiary/aromatic N) is 3. The van der Waals surface area contributed by atoms with E-state index in [4.69, 9.17) is 5.53 Å². The second-order valence-electron chi connectivity index (χ2n) is 8.92. The van der Waals surface area contributed by atoms with Gasteiger partial charge in [-0.1, -0.05) is 23.5 Å². The van der Waals surface area contributed by atoms with Crippen LogP contribution >= 0.6 is 15.9 Å². The van der Waals surface area contributed by atoms with Gasteiger partial charge >= 0.3 is 0 Å². The zero-order valence-electron chi connectivity index (χ0n) is 15.6. The summed E-state index contributed by atoms with van der Waals surface area (Å²) in [4.78, 5) is 30.8. The second-order valence-corrected chi connectivity index (χ2v) is 9.32. The van der Waals surface area contributed by atoms with Gasteiger partial charge in [-0.25, -0.2) is 0 Å². The molecule has 3 fully saturated rings. The summed E-state index contributed by atoms with van der Waals surface area (Å²) >= 11 is 3.22. The highest BCUT2D eigenvalue weighted by Crippen LogP contribution is 2.65. The molecule has 6 atom stereocenters. The number of carbonyl (C=O) groups is 2. The topological polar surface area (TPSA) is 82.9 Å². The van der Waals surface area contributed by atoms with Crippen LogP contribution in [0.1, 0.15) is 58.3 Å².